The lowest BCUT2D eigenvalue weighted by atomic mass is 10.1. The van der Waals surface area contributed by atoms with E-state index >= 15 is 0 Å². The van der Waals surface area contributed by atoms with Crippen LogP contribution in [0.2, 0.25) is 25.1 Å². The zero-order chi connectivity index (χ0) is 26.3. The number of benzene rings is 2. The van der Waals surface area contributed by atoms with E-state index in [1.165, 1.54) is 19.1 Å². The predicted octanol–water partition coefficient (Wildman–Crippen LogP) is 6.71. The third-order valence-electron chi connectivity index (χ3n) is 4.52. The van der Waals surface area contributed by atoms with Crippen LogP contribution in [0.15, 0.2) is 18.2 Å². The molecule has 34 heavy (non-hydrogen) atoms. The smallest absolute Gasteiger partial charge is 0.328 e. The summed E-state index contributed by atoms with van der Waals surface area (Å²) in [5.41, 5.74) is 2.02. The molecule has 13 heteroatoms. The number of nitro benzene ring substituents is 1. The number of ether oxygens (including phenoxy) is 2. The van der Waals surface area contributed by atoms with Crippen molar-refractivity contribution in [2.45, 2.75) is 26.8 Å². The Kier molecular flexibility index (Phi) is 11.8. The molecule has 0 spiro atoms. The van der Waals surface area contributed by atoms with E-state index in [0.717, 1.165) is 16.8 Å². The number of nitrogens with zero attached hydrogens (tertiary/aromatic N) is 2. The quantitative estimate of drug-likeness (QED) is 0.125. The zero-order valence-corrected chi connectivity index (χ0v) is 22.5. The molecule has 0 saturated heterocycles. The van der Waals surface area contributed by atoms with Gasteiger partial charge in [-0.25, -0.2) is 4.79 Å². The number of carbonyl (C=O) groups is 2. The number of anilines is 1. The van der Waals surface area contributed by atoms with Gasteiger partial charge in [-0.05, 0) is 31.9 Å². The van der Waals surface area contributed by atoms with Crippen molar-refractivity contribution in [3.05, 3.63) is 64.6 Å². The lowest BCUT2D eigenvalue weighted by Crippen LogP contribution is -2.46. The Balaban J connectivity index is 0.000000362. The van der Waals surface area contributed by atoms with Gasteiger partial charge in [-0.1, -0.05) is 76.2 Å². The lowest BCUT2D eigenvalue weighted by Gasteiger charge is -2.30. The first-order valence-electron chi connectivity index (χ1n) is 9.42. The fraction of sp³-hybridized carbons (Fsp3) is 0.333. The number of hydrogen-bond donors (Lipinski definition) is 0. The van der Waals surface area contributed by atoms with Gasteiger partial charge in [0.2, 0.25) is 0 Å². The molecular formula is C21H21Cl5N2O6. The third-order valence-corrected chi connectivity index (χ3v) is 6.77. The largest absolute Gasteiger partial charge is 0.467 e. The molecule has 2 aromatic rings. The highest BCUT2D eigenvalue weighted by molar-refractivity contribution is 6.56. The highest BCUT2D eigenvalue weighted by Crippen LogP contribution is 2.47. The van der Waals surface area contributed by atoms with Crippen LogP contribution >= 0.6 is 58.0 Å². The minimum atomic E-state index is -0.779. The second kappa shape index (κ2) is 13.3. The SMILES string of the molecule is COCC(=O)N(c1c(C)cccc1C)C(C)C(=O)OC.O=[N+]([O-])c1c(Cl)c(Cl)c(Cl)c(Cl)c1Cl. The maximum absolute atomic E-state index is 12.3. The van der Waals surface area contributed by atoms with Crippen LogP contribution in [0.1, 0.15) is 18.1 Å². The van der Waals surface area contributed by atoms with Crippen molar-refractivity contribution < 1.29 is 24.0 Å². The van der Waals surface area contributed by atoms with Crippen molar-refractivity contribution >= 4 is 81.3 Å². The molecule has 0 radical (unpaired) electrons. The van der Waals surface area contributed by atoms with Crippen LogP contribution in [0.25, 0.3) is 0 Å². The molecule has 1 amide bonds. The Bertz CT molecular complexity index is 1050. The fourth-order valence-corrected chi connectivity index (χ4v) is 4.21. The van der Waals surface area contributed by atoms with Crippen molar-refractivity contribution in [3.8, 4) is 0 Å². The molecule has 0 heterocycles. The highest BCUT2D eigenvalue weighted by atomic mass is 35.5. The van der Waals surface area contributed by atoms with Gasteiger partial charge >= 0.3 is 11.7 Å². The second-order valence-electron chi connectivity index (χ2n) is 6.81. The lowest BCUT2D eigenvalue weighted by molar-refractivity contribution is -0.384. The van der Waals surface area contributed by atoms with Crippen LogP contribution in [0.5, 0.6) is 0 Å². The topological polar surface area (TPSA) is 99.0 Å². The van der Waals surface area contributed by atoms with E-state index in [4.69, 9.17) is 67.5 Å². The van der Waals surface area contributed by atoms with E-state index in [9.17, 15) is 19.7 Å². The van der Waals surface area contributed by atoms with Crippen molar-refractivity contribution in [3.63, 3.8) is 0 Å². The third kappa shape index (κ3) is 6.87. The van der Waals surface area contributed by atoms with Gasteiger partial charge < -0.3 is 9.47 Å². The minimum Gasteiger partial charge on any atom is -0.467 e. The number of esters is 1. The summed E-state index contributed by atoms with van der Waals surface area (Å²) >= 11 is 27.9. The van der Waals surface area contributed by atoms with Gasteiger partial charge in [0.05, 0.1) is 32.8 Å². The van der Waals surface area contributed by atoms with Crippen molar-refractivity contribution in [2.24, 2.45) is 0 Å². The summed E-state index contributed by atoms with van der Waals surface area (Å²) < 4.78 is 9.65. The standard InChI is InChI=1S/C15H21NO4.C6Cl5NO2/c1-10-7-6-8-11(2)14(10)16(13(17)9-19-4)12(3)15(18)20-5;7-1-2(8)4(10)6(12(13)14)5(11)3(1)9/h6-8,12H,9H2,1-5H3;. The normalized spacial score (nSPS) is 11.2. The number of rotatable bonds is 6. The summed E-state index contributed by atoms with van der Waals surface area (Å²) in [6.07, 6.45) is 0. The maximum Gasteiger partial charge on any atom is 0.328 e. The molecule has 1 atom stereocenters. The Morgan fingerprint density at radius 3 is 1.79 bits per heavy atom. The predicted molar refractivity (Wildman–Crippen MR) is 135 cm³/mol. The second-order valence-corrected chi connectivity index (χ2v) is 8.70. The molecule has 1 unspecified atom stereocenters. The number of amides is 1. The Hall–Kier alpha value is -1.81. The van der Waals surface area contributed by atoms with E-state index in [2.05, 4.69) is 0 Å². The number of methoxy groups -OCH3 is 2. The molecule has 0 saturated carbocycles. The summed E-state index contributed by atoms with van der Waals surface area (Å²) in [5.74, 6) is -0.736. The summed E-state index contributed by atoms with van der Waals surface area (Å²) in [7, 11) is 2.76. The van der Waals surface area contributed by atoms with Crippen molar-refractivity contribution in [1.29, 1.82) is 0 Å². The Morgan fingerprint density at radius 2 is 1.41 bits per heavy atom. The van der Waals surface area contributed by atoms with Gasteiger partial charge in [-0.2, -0.15) is 0 Å². The van der Waals surface area contributed by atoms with E-state index in [-0.39, 0.29) is 37.6 Å². The van der Waals surface area contributed by atoms with Crippen LogP contribution in [0.4, 0.5) is 11.4 Å². The number of halogens is 5. The maximum atomic E-state index is 12.3. The van der Waals surface area contributed by atoms with Crippen LogP contribution in [-0.2, 0) is 19.1 Å². The molecular weight excluding hydrogens is 554 g/mol. The van der Waals surface area contributed by atoms with Crippen LogP contribution in [0, 0.1) is 24.0 Å². The molecule has 2 aromatic carbocycles. The summed E-state index contributed by atoms with van der Waals surface area (Å²) in [6, 6.07) is 5.01. The van der Waals surface area contributed by atoms with E-state index in [1.54, 1.807) is 6.92 Å². The van der Waals surface area contributed by atoms with E-state index in [0.29, 0.717) is 0 Å². The average molecular weight is 575 g/mol. The molecule has 0 fully saturated rings. The van der Waals surface area contributed by atoms with Gasteiger partial charge in [-0.15, -0.1) is 0 Å². The van der Waals surface area contributed by atoms with Gasteiger partial charge in [-0.3, -0.25) is 19.8 Å². The van der Waals surface area contributed by atoms with Crippen LogP contribution in [0.3, 0.4) is 0 Å². The van der Waals surface area contributed by atoms with Crippen molar-refractivity contribution in [2.75, 3.05) is 25.7 Å². The zero-order valence-electron chi connectivity index (χ0n) is 18.8. The molecule has 2 rings (SSSR count). The first-order valence-corrected chi connectivity index (χ1v) is 11.3. The molecule has 0 bridgehead atoms. The molecule has 0 aliphatic rings. The van der Waals surface area contributed by atoms with Crippen LogP contribution in [-0.4, -0.2) is 43.7 Å². The Morgan fingerprint density at radius 1 is 0.971 bits per heavy atom. The van der Waals surface area contributed by atoms with Gasteiger partial charge in [0.25, 0.3) is 5.91 Å². The van der Waals surface area contributed by atoms with E-state index < -0.39 is 22.6 Å². The Labute approximate surface area is 221 Å². The first-order chi connectivity index (χ1) is 15.8. The van der Waals surface area contributed by atoms with Gasteiger partial charge in [0, 0.05) is 7.11 Å². The van der Waals surface area contributed by atoms with Gasteiger partial charge in [0.15, 0.2) is 0 Å². The molecule has 0 aliphatic carbocycles. The monoisotopic (exact) mass is 572 g/mol. The number of carbonyl (C=O) groups excluding carboxylic acids is 2. The first kappa shape index (κ1) is 30.2. The van der Waals surface area contributed by atoms with E-state index in [1.807, 2.05) is 32.0 Å². The number of para-hydroxylation sites is 1. The van der Waals surface area contributed by atoms with Crippen LogP contribution < -0.4 is 4.90 Å². The summed E-state index contributed by atoms with van der Waals surface area (Å²) in [5, 5.41) is 9.41. The molecule has 186 valence electrons. The summed E-state index contributed by atoms with van der Waals surface area (Å²) in [4.78, 5) is 35.3. The minimum absolute atomic E-state index is 0.0882. The number of nitro groups is 1. The fourth-order valence-electron chi connectivity index (χ4n) is 2.94. The van der Waals surface area contributed by atoms with Crippen molar-refractivity contribution in [1.82, 2.24) is 0 Å². The molecule has 8 nitrogen and oxygen atoms in total. The molecule has 0 N–H and O–H groups in total. The summed E-state index contributed by atoms with van der Waals surface area (Å²) in [6.45, 7) is 5.36. The number of aryl methyl sites for hydroxylation is 2. The molecule has 0 aliphatic heterocycles. The van der Waals surface area contributed by atoms with Gasteiger partial charge in [0.1, 0.15) is 22.7 Å². The number of hydrogen-bond acceptors (Lipinski definition) is 6. The molecule has 0 aromatic heterocycles. The highest BCUT2D eigenvalue weighted by Gasteiger charge is 2.30. The average Bonchev–Trinajstić information content (AvgIpc) is 2.78.